The highest BCUT2D eigenvalue weighted by Gasteiger charge is 2.35. The Morgan fingerprint density at radius 2 is 1.85 bits per heavy atom. The average molecular weight is 407 g/mol. The summed E-state index contributed by atoms with van der Waals surface area (Å²) in [5.74, 6) is 0.159. The predicted octanol–water partition coefficient (Wildman–Crippen LogP) is 4.37. The quantitative estimate of drug-likeness (QED) is 0.661. The van der Waals surface area contributed by atoms with Gasteiger partial charge >= 0.3 is 0 Å². The third-order valence-electron chi connectivity index (χ3n) is 4.48. The van der Waals surface area contributed by atoms with Crippen LogP contribution in [0.3, 0.4) is 0 Å². The number of H-pyrrole nitrogens is 1. The van der Waals surface area contributed by atoms with Crippen LogP contribution in [0.15, 0.2) is 64.5 Å². The molecule has 128 valence electrons. The van der Waals surface area contributed by atoms with Gasteiger partial charge in [-0.3, -0.25) is 5.10 Å². The van der Waals surface area contributed by atoms with E-state index in [1.54, 1.807) is 0 Å². The van der Waals surface area contributed by atoms with Gasteiger partial charge < -0.3 is 10.5 Å². The number of halogens is 1. The molecule has 0 amide bonds. The molecule has 0 radical (unpaired) electrons. The Bertz CT molecular complexity index is 1040. The molecule has 1 atom stereocenters. The van der Waals surface area contributed by atoms with E-state index < -0.39 is 0 Å². The smallest absolute Gasteiger partial charge is 0.244 e. The average Bonchev–Trinajstić information content (AvgIpc) is 3.05. The molecule has 0 fully saturated rings. The maximum atomic E-state index is 9.70. The number of nitrogens with zero attached hydrogens (tertiary/aromatic N) is 2. The van der Waals surface area contributed by atoms with Gasteiger partial charge in [-0.25, -0.2) is 0 Å². The van der Waals surface area contributed by atoms with E-state index in [1.165, 1.54) is 5.56 Å². The highest BCUT2D eigenvalue weighted by molar-refractivity contribution is 9.10. The molecule has 3 aromatic rings. The molecular formula is C20H15BrN4O. The minimum absolute atomic E-state index is 0.0925. The summed E-state index contributed by atoms with van der Waals surface area (Å²) in [5.41, 5.74) is 11.1. The number of rotatable bonds is 2. The summed E-state index contributed by atoms with van der Waals surface area (Å²) in [5, 5.41) is 17.0. The molecule has 1 aromatic heterocycles. The Hall–Kier alpha value is -3.04. The fourth-order valence-corrected chi connectivity index (χ4v) is 3.44. The Morgan fingerprint density at radius 3 is 2.50 bits per heavy atom. The summed E-state index contributed by atoms with van der Waals surface area (Å²) < 4.78 is 6.59. The topological polar surface area (TPSA) is 87.7 Å². The molecule has 6 heteroatoms. The van der Waals surface area contributed by atoms with Crippen LogP contribution in [-0.4, -0.2) is 10.2 Å². The molecular weight excluding hydrogens is 392 g/mol. The first-order valence-electron chi connectivity index (χ1n) is 8.07. The highest BCUT2D eigenvalue weighted by Crippen LogP contribution is 2.45. The number of fused-ring (bicyclic) bond motifs is 1. The van der Waals surface area contributed by atoms with Gasteiger partial charge in [-0.1, -0.05) is 57.9 Å². The molecule has 0 saturated heterocycles. The van der Waals surface area contributed by atoms with E-state index in [9.17, 15) is 5.26 Å². The lowest BCUT2D eigenvalue weighted by Crippen LogP contribution is -2.20. The zero-order chi connectivity index (χ0) is 18.3. The van der Waals surface area contributed by atoms with E-state index in [0.717, 1.165) is 26.9 Å². The minimum atomic E-state index is -0.341. The van der Waals surface area contributed by atoms with Crippen LogP contribution in [0, 0.1) is 18.3 Å². The predicted molar refractivity (Wildman–Crippen MR) is 102 cm³/mol. The molecule has 26 heavy (non-hydrogen) atoms. The normalized spacial score (nSPS) is 16.0. The first-order chi connectivity index (χ1) is 12.6. The van der Waals surface area contributed by atoms with Gasteiger partial charge in [0, 0.05) is 10.0 Å². The minimum Gasteiger partial charge on any atom is -0.420 e. The molecule has 3 N–H and O–H groups in total. The Balaban J connectivity index is 1.93. The van der Waals surface area contributed by atoms with E-state index >= 15 is 0 Å². The Kier molecular flexibility index (Phi) is 4.02. The van der Waals surface area contributed by atoms with Gasteiger partial charge in [0.05, 0.1) is 17.2 Å². The van der Waals surface area contributed by atoms with E-state index in [-0.39, 0.29) is 11.8 Å². The number of nitrogens with two attached hydrogens (primary N) is 1. The van der Waals surface area contributed by atoms with Crippen molar-refractivity contribution in [1.82, 2.24) is 10.2 Å². The van der Waals surface area contributed by atoms with Gasteiger partial charge in [0.2, 0.25) is 11.8 Å². The maximum absolute atomic E-state index is 9.70. The largest absolute Gasteiger partial charge is 0.420 e. The number of nitriles is 1. The van der Waals surface area contributed by atoms with Crippen LogP contribution >= 0.6 is 15.9 Å². The van der Waals surface area contributed by atoms with E-state index in [2.05, 4.69) is 32.2 Å². The fraction of sp³-hybridized carbons (Fsp3) is 0.100. The molecule has 0 unspecified atom stereocenters. The number of aromatic nitrogens is 2. The van der Waals surface area contributed by atoms with Crippen LogP contribution in [0.4, 0.5) is 0 Å². The second kappa shape index (κ2) is 6.36. The second-order valence-electron chi connectivity index (χ2n) is 6.16. The highest BCUT2D eigenvalue weighted by atomic mass is 79.9. The van der Waals surface area contributed by atoms with Crippen molar-refractivity contribution < 1.29 is 4.74 Å². The fourth-order valence-electron chi connectivity index (χ4n) is 3.17. The molecule has 5 nitrogen and oxygen atoms in total. The zero-order valence-electron chi connectivity index (χ0n) is 14.0. The molecule has 1 aliphatic heterocycles. The van der Waals surface area contributed by atoms with Crippen molar-refractivity contribution in [2.45, 2.75) is 12.8 Å². The molecule has 0 spiro atoms. The van der Waals surface area contributed by atoms with Crippen molar-refractivity contribution in [3.05, 3.63) is 81.2 Å². The third kappa shape index (κ3) is 2.67. The van der Waals surface area contributed by atoms with E-state index in [0.29, 0.717) is 11.5 Å². The lowest BCUT2D eigenvalue weighted by atomic mass is 9.83. The van der Waals surface area contributed by atoms with Crippen molar-refractivity contribution in [2.24, 2.45) is 5.73 Å². The van der Waals surface area contributed by atoms with Gasteiger partial charge in [-0.2, -0.15) is 5.26 Å². The van der Waals surface area contributed by atoms with Crippen LogP contribution in [-0.2, 0) is 0 Å². The van der Waals surface area contributed by atoms with E-state index in [4.69, 9.17) is 10.5 Å². The Labute approximate surface area is 159 Å². The van der Waals surface area contributed by atoms with Crippen LogP contribution < -0.4 is 10.5 Å². The number of hydrogen-bond donors (Lipinski definition) is 2. The van der Waals surface area contributed by atoms with Crippen LogP contribution in [0.25, 0.3) is 11.3 Å². The summed E-state index contributed by atoms with van der Waals surface area (Å²) in [4.78, 5) is 0. The standard InChI is InChI=1S/C20H15BrN4O/c1-11-2-4-13(5-3-11)18-17-16(12-6-8-14(21)9-7-12)15(10-22)19(23)26-20(17)25-24-18/h2-9,16H,23H2,1H3,(H,24,25)/t16-/m1/s1. The van der Waals surface area contributed by atoms with Crippen molar-refractivity contribution in [3.63, 3.8) is 0 Å². The lowest BCUT2D eigenvalue weighted by molar-refractivity contribution is 0.379. The van der Waals surface area contributed by atoms with Crippen LogP contribution in [0.1, 0.15) is 22.6 Å². The third-order valence-corrected chi connectivity index (χ3v) is 5.01. The number of hydrogen-bond acceptors (Lipinski definition) is 4. The molecule has 4 rings (SSSR count). The summed E-state index contributed by atoms with van der Waals surface area (Å²) in [6.07, 6.45) is 0. The molecule has 0 aliphatic carbocycles. The first kappa shape index (κ1) is 16.4. The summed E-state index contributed by atoms with van der Waals surface area (Å²) in [6, 6.07) is 18.2. The van der Waals surface area contributed by atoms with Gasteiger partial charge in [0.15, 0.2) is 0 Å². The molecule has 0 bridgehead atoms. The van der Waals surface area contributed by atoms with Crippen molar-refractivity contribution in [1.29, 1.82) is 5.26 Å². The number of ether oxygens (including phenoxy) is 1. The number of nitrogens with one attached hydrogen (secondary N) is 1. The van der Waals surface area contributed by atoms with Gasteiger partial charge in [0.25, 0.3) is 0 Å². The number of benzene rings is 2. The zero-order valence-corrected chi connectivity index (χ0v) is 15.5. The van der Waals surface area contributed by atoms with Crippen molar-refractivity contribution in [2.75, 3.05) is 0 Å². The Morgan fingerprint density at radius 1 is 1.15 bits per heavy atom. The lowest BCUT2D eigenvalue weighted by Gasteiger charge is -2.24. The van der Waals surface area contributed by atoms with Gasteiger partial charge in [-0.05, 0) is 24.6 Å². The first-order valence-corrected chi connectivity index (χ1v) is 8.86. The van der Waals surface area contributed by atoms with Crippen LogP contribution in [0.5, 0.6) is 5.88 Å². The van der Waals surface area contributed by atoms with E-state index in [1.807, 2.05) is 55.5 Å². The summed E-state index contributed by atoms with van der Waals surface area (Å²) >= 11 is 3.45. The van der Waals surface area contributed by atoms with Crippen LogP contribution in [0.2, 0.25) is 0 Å². The van der Waals surface area contributed by atoms with Crippen molar-refractivity contribution >= 4 is 15.9 Å². The van der Waals surface area contributed by atoms with Crippen molar-refractivity contribution in [3.8, 4) is 23.2 Å². The van der Waals surface area contributed by atoms with Gasteiger partial charge in [-0.15, -0.1) is 5.10 Å². The molecule has 2 heterocycles. The maximum Gasteiger partial charge on any atom is 0.244 e. The summed E-state index contributed by atoms with van der Waals surface area (Å²) in [7, 11) is 0. The molecule has 2 aromatic carbocycles. The van der Waals surface area contributed by atoms with Gasteiger partial charge in [0.1, 0.15) is 11.6 Å². The number of aromatic amines is 1. The number of allylic oxidation sites excluding steroid dienone is 1. The summed E-state index contributed by atoms with van der Waals surface area (Å²) in [6.45, 7) is 2.04. The number of aryl methyl sites for hydroxylation is 1. The SMILES string of the molecule is Cc1ccc(-c2[nH]nc3c2[C@H](c2ccc(Br)cc2)C(C#N)=C(N)O3)cc1. The molecule has 1 aliphatic rings. The second-order valence-corrected chi connectivity index (χ2v) is 7.08. The molecule has 0 saturated carbocycles. The monoisotopic (exact) mass is 406 g/mol.